The first-order valence-corrected chi connectivity index (χ1v) is 28.4. The van der Waals surface area contributed by atoms with E-state index in [2.05, 4.69) is 47.4 Å². The van der Waals surface area contributed by atoms with E-state index in [9.17, 15) is 79.2 Å². The third kappa shape index (κ3) is 20.7. The summed E-state index contributed by atoms with van der Waals surface area (Å²) in [5, 5.41) is 102. The van der Waals surface area contributed by atoms with Crippen LogP contribution in [0.1, 0.15) is 129 Å². The zero-order valence-electron chi connectivity index (χ0n) is 47.9. The number of unbranched alkanes of at least 4 members (excludes halogenated alkanes) is 5. The van der Waals surface area contributed by atoms with Gasteiger partial charge in [0.05, 0.1) is 58.6 Å². The first kappa shape index (κ1) is 67.9. The number of quaternary nitrogens is 1. The smallest absolute Gasteiger partial charge is 0.248 e. The number of nitrogens with zero attached hydrogens (tertiary/aromatic N) is 3. The molecule has 4 rings (SSSR count). The van der Waals surface area contributed by atoms with Gasteiger partial charge in [-0.05, 0) is 55.7 Å². The van der Waals surface area contributed by atoms with Gasteiger partial charge >= 0.3 is 0 Å². The van der Waals surface area contributed by atoms with Crippen LogP contribution in [0.15, 0.2) is 24.3 Å². The molecule has 1 aromatic rings. The number of phenols is 1. The molecule has 3 saturated heterocycles. The van der Waals surface area contributed by atoms with Crippen molar-refractivity contribution in [1.29, 1.82) is 0 Å². The lowest BCUT2D eigenvalue weighted by Crippen LogP contribution is -2.64. The number of nitrogens with two attached hydrogens (primary N) is 1. The zero-order valence-corrected chi connectivity index (χ0v) is 47.9. The normalized spacial score (nSPS) is 28.0. The number of amides is 8. The third-order valence-electron chi connectivity index (χ3n) is 15.3. The number of hydrogen-bond acceptors (Lipinski definition) is 17. The summed E-state index contributed by atoms with van der Waals surface area (Å²) in [5.74, 6) is -8.16. The molecule has 0 bridgehead atoms. The van der Waals surface area contributed by atoms with Crippen molar-refractivity contribution in [3.8, 4) is 5.75 Å². The summed E-state index contributed by atoms with van der Waals surface area (Å²) in [5.41, 5.74) is 5.30. The number of carbonyl (C=O) groups excluding carboxylic acids is 8. The van der Waals surface area contributed by atoms with E-state index in [1.807, 2.05) is 21.1 Å². The molecule has 458 valence electrons. The number of aromatic hydroxyl groups is 1. The van der Waals surface area contributed by atoms with Crippen molar-refractivity contribution >= 4 is 47.3 Å². The van der Waals surface area contributed by atoms with Crippen molar-refractivity contribution in [3.05, 3.63) is 29.8 Å². The van der Waals surface area contributed by atoms with Gasteiger partial charge in [-0.3, -0.25) is 38.4 Å². The van der Waals surface area contributed by atoms with Gasteiger partial charge in [0.2, 0.25) is 47.3 Å². The monoisotopic (exact) mass is 1150 g/mol. The molecule has 3 heterocycles. The second kappa shape index (κ2) is 31.7. The number of primary amides is 1. The van der Waals surface area contributed by atoms with Crippen LogP contribution < -0.4 is 32.3 Å². The number of aliphatic hydroxyl groups is 7. The summed E-state index contributed by atoms with van der Waals surface area (Å²) >= 11 is 0. The van der Waals surface area contributed by atoms with Crippen LogP contribution in [0.3, 0.4) is 0 Å². The molecule has 0 aromatic heterocycles. The molecule has 81 heavy (non-hydrogen) atoms. The number of nitrogens with one attached hydrogen (secondary N) is 5. The zero-order chi connectivity index (χ0) is 60.5. The SMILES string of the molecule is CCC(C)CC(C)CCCCCCCCC(=O)N[C@H]1C[C@@H](O)[C@@H](OCC[N+](C)(C)C)NC(=O)C2[C@@H](O)CCN2C(=O)C([C@@H](O)CC(N)=O)NC(=O)C([C@H](O)[C@@H](O)c2ccc(O)cc2)NC(=O)C2C[C@@H](O)CN2C(=O)C([C@H](C)O)NC1=O. The molecule has 0 saturated carbocycles. The Labute approximate surface area is 474 Å². The number of aliphatic hydroxyl groups excluding tert-OH is 7. The molecule has 3 aliphatic rings. The molecule has 0 aliphatic carbocycles. The molecule has 15 N–H and O–H groups in total. The van der Waals surface area contributed by atoms with Gasteiger partial charge in [-0.15, -0.1) is 0 Å². The lowest BCUT2D eigenvalue weighted by atomic mass is 9.91. The quantitative estimate of drug-likeness (QED) is 0.0372. The molecule has 26 nitrogen and oxygen atoms in total. The fraction of sp³-hybridized carbons (Fsp3) is 0.745. The van der Waals surface area contributed by atoms with E-state index in [1.54, 1.807) is 0 Å². The Balaban J connectivity index is 1.78. The second-order valence-corrected chi connectivity index (χ2v) is 23.4. The molecule has 26 heteroatoms. The molecule has 8 amide bonds. The van der Waals surface area contributed by atoms with E-state index >= 15 is 0 Å². The van der Waals surface area contributed by atoms with Gasteiger partial charge in [0, 0.05) is 32.4 Å². The Morgan fingerprint density at radius 3 is 1.98 bits per heavy atom. The van der Waals surface area contributed by atoms with Crippen LogP contribution in [0, 0.1) is 11.8 Å². The minimum absolute atomic E-state index is 0.0508. The van der Waals surface area contributed by atoms with Crippen molar-refractivity contribution in [2.45, 2.75) is 203 Å². The predicted molar refractivity (Wildman–Crippen MR) is 292 cm³/mol. The van der Waals surface area contributed by atoms with Gasteiger partial charge in [0.15, 0.2) is 6.23 Å². The summed E-state index contributed by atoms with van der Waals surface area (Å²) in [6.07, 6.45) is -8.99. The lowest BCUT2D eigenvalue weighted by molar-refractivity contribution is -0.870. The Hall–Kier alpha value is -5.58. The maximum absolute atomic E-state index is 14.7. The van der Waals surface area contributed by atoms with Crippen molar-refractivity contribution in [1.82, 2.24) is 36.4 Å². The maximum atomic E-state index is 14.7. The second-order valence-electron chi connectivity index (χ2n) is 23.4. The third-order valence-corrected chi connectivity index (χ3v) is 15.3. The molecule has 1 aromatic carbocycles. The highest BCUT2D eigenvalue weighted by Gasteiger charge is 2.49. The van der Waals surface area contributed by atoms with Gasteiger partial charge in [0.25, 0.3) is 0 Å². The maximum Gasteiger partial charge on any atom is 0.248 e. The molecule has 3 aliphatic heterocycles. The molecule has 16 atom stereocenters. The van der Waals surface area contributed by atoms with Crippen LogP contribution in [-0.2, 0) is 43.1 Å². The van der Waals surface area contributed by atoms with Gasteiger partial charge in [-0.25, -0.2) is 0 Å². The largest absolute Gasteiger partial charge is 0.508 e. The summed E-state index contributed by atoms with van der Waals surface area (Å²) in [4.78, 5) is 115. The minimum atomic E-state index is -2.35. The van der Waals surface area contributed by atoms with Gasteiger partial charge < -0.3 is 92.2 Å². The Kier molecular flexibility index (Phi) is 26.6. The van der Waals surface area contributed by atoms with E-state index in [4.69, 9.17) is 10.5 Å². The number of ether oxygens (including phenoxy) is 1. The van der Waals surface area contributed by atoms with Crippen LogP contribution >= 0.6 is 0 Å². The number of rotatable bonds is 24. The van der Waals surface area contributed by atoms with E-state index in [0.717, 1.165) is 67.4 Å². The number of likely N-dealkylation sites (N-methyl/N-ethyl adjacent to an activating group) is 1. The highest BCUT2D eigenvalue weighted by molar-refractivity contribution is 5.98. The average molecular weight is 1150 g/mol. The molecule has 0 spiro atoms. The van der Waals surface area contributed by atoms with Crippen LogP contribution in [0.25, 0.3) is 0 Å². The molecular weight excluding hydrogens is 1060 g/mol. The topological polar surface area (TPSA) is 400 Å². The van der Waals surface area contributed by atoms with Crippen LogP contribution in [0.5, 0.6) is 5.75 Å². The lowest BCUT2D eigenvalue weighted by Gasteiger charge is -2.35. The van der Waals surface area contributed by atoms with Crippen molar-refractivity contribution in [2.24, 2.45) is 17.6 Å². The van der Waals surface area contributed by atoms with E-state index in [-0.39, 0.29) is 37.3 Å². The summed E-state index contributed by atoms with van der Waals surface area (Å²) in [6, 6.07) is -7.13. The summed E-state index contributed by atoms with van der Waals surface area (Å²) < 4.78 is 6.37. The van der Waals surface area contributed by atoms with Crippen LogP contribution in [0.2, 0.25) is 0 Å². The van der Waals surface area contributed by atoms with Crippen molar-refractivity contribution in [3.63, 3.8) is 0 Å². The fourth-order valence-corrected chi connectivity index (χ4v) is 10.4. The average Bonchev–Trinajstić information content (AvgIpc) is 4.17. The minimum Gasteiger partial charge on any atom is -0.508 e. The molecule has 7 unspecified atom stereocenters. The Morgan fingerprint density at radius 1 is 0.753 bits per heavy atom. The fourth-order valence-electron chi connectivity index (χ4n) is 10.4. The number of phenolic OH excluding ortho intramolecular Hbond substituents is 1. The first-order chi connectivity index (χ1) is 38.0. The van der Waals surface area contributed by atoms with Gasteiger partial charge in [0.1, 0.15) is 66.9 Å². The molecular formula is C55H92N9O17+. The predicted octanol–water partition coefficient (Wildman–Crippen LogP) is -2.61. The van der Waals surface area contributed by atoms with E-state index in [0.29, 0.717) is 29.2 Å². The summed E-state index contributed by atoms with van der Waals surface area (Å²) in [6.45, 7) is 7.03. The molecule has 3 fully saturated rings. The first-order valence-electron chi connectivity index (χ1n) is 28.4. The van der Waals surface area contributed by atoms with Crippen molar-refractivity contribution in [2.75, 3.05) is 47.4 Å². The van der Waals surface area contributed by atoms with Gasteiger partial charge in [-0.2, -0.15) is 0 Å². The van der Waals surface area contributed by atoms with E-state index in [1.165, 1.54) is 18.6 Å². The van der Waals surface area contributed by atoms with Crippen molar-refractivity contribution < 1.29 is 88.4 Å². The summed E-state index contributed by atoms with van der Waals surface area (Å²) in [7, 11) is 5.50. The number of carbonyl (C=O) groups is 8. The Bertz CT molecular complexity index is 2250. The van der Waals surface area contributed by atoms with E-state index < -0.39 is 165 Å². The van der Waals surface area contributed by atoms with Crippen LogP contribution in [-0.4, -0.2) is 229 Å². The highest BCUT2D eigenvalue weighted by atomic mass is 16.5. The number of hydrogen-bond donors (Lipinski definition) is 14. The van der Waals surface area contributed by atoms with Crippen LogP contribution in [0.4, 0.5) is 0 Å². The number of benzene rings is 1. The standard InChI is InChI=1S/C55H91N9O17/c1-8-30(2)25-31(3)15-13-11-9-10-12-14-16-42(72)57-36-27-40(70)53(81-24-23-64(5,6)7)61-52(78)46-38(68)21-22-62(46)55(80)44(39(69)28-41(56)71)59-51(77)45(48(74)47(73)33-17-19-34(66)20-18-33)60-50(76)37-26-35(67)29-63(37)54(79)43(32(4)65)58-49(36)75/h17-20,30-32,35-40,43-48,53,65,67-70,73-74H,8-16,21-29H2,1-7H3,(H7-,56,57,58,59,60,61,66,71,72,75,76,77,78)/p+1/t30?,31?,32-,35+,36-,37?,38-,39-,40+,43?,44?,45?,46?,47-,48-,53+/m0/s1. The van der Waals surface area contributed by atoms with Gasteiger partial charge in [-0.1, -0.05) is 77.8 Å². The number of fused-ring (bicyclic) bond motifs is 2. The molecule has 0 radical (unpaired) electrons. The highest BCUT2D eigenvalue weighted by Crippen LogP contribution is 2.27. The Morgan fingerprint density at radius 2 is 1.36 bits per heavy atom.